The van der Waals surface area contributed by atoms with Crippen molar-refractivity contribution in [3.05, 3.63) is 36.3 Å². The molecule has 6 heteroatoms. The molecule has 0 radical (unpaired) electrons. The SMILES string of the molecule is Fc1coc(SSc2cc(F)co2)c1. The van der Waals surface area contributed by atoms with Gasteiger partial charge in [0, 0.05) is 12.1 Å². The predicted octanol–water partition coefficient (Wildman–Crippen LogP) is 3.95. The lowest BCUT2D eigenvalue weighted by Crippen LogP contribution is -1.59. The number of furan rings is 2. The van der Waals surface area contributed by atoms with Gasteiger partial charge >= 0.3 is 0 Å². The number of hydrogen-bond donors (Lipinski definition) is 0. The summed E-state index contributed by atoms with van der Waals surface area (Å²) in [4.78, 5) is 0. The second-order valence-corrected chi connectivity index (χ2v) is 4.47. The Labute approximate surface area is 86.1 Å². The van der Waals surface area contributed by atoms with Gasteiger partial charge in [-0.15, -0.1) is 0 Å². The van der Waals surface area contributed by atoms with Crippen molar-refractivity contribution >= 4 is 21.6 Å². The van der Waals surface area contributed by atoms with Gasteiger partial charge < -0.3 is 8.83 Å². The van der Waals surface area contributed by atoms with Gasteiger partial charge in [-0.25, -0.2) is 8.78 Å². The highest BCUT2D eigenvalue weighted by Gasteiger charge is 2.06. The second-order valence-electron chi connectivity index (χ2n) is 2.33. The van der Waals surface area contributed by atoms with Crippen molar-refractivity contribution in [3.63, 3.8) is 0 Å². The summed E-state index contributed by atoms with van der Waals surface area (Å²) < 4.78 is 34.6. The van der Waals surface area contributed by atoms with E-state index >= 15 is 0 Å². The Kier molecular flexibility index (Phi) is 2.83. The van der Waals surface area contributed by atoms with Crippen molar-refractivity contribution in [2.45, 2.75) is 10.2 Å². The zero-order chi connectivity index (χ0) is 9.97. The second kappa shape index (κ2) is 4.10. The van der Waals surface area contributed by atoms with Gasteiger partial charge in [0.2, 0.25) is 0 Å². The van der Waals surface area contributed by atoms with Crippen molar-refractivity contribution in [1.82, 2.24) is 0 Å². The predicted molar refractivity (Wildman–Crippen MR) is 49.0 cm³/mol. The molecule has 2 nitrogen and oxygen atoms in total. The third-order valence-electron chi connectivity index (χ3n) is 1.29. The molecule has 0 bridgehead atoms. The molecule has 0 saturated carbocycles. The van der Waals surface area contributed by atoms with E-state index in [1.165, 1.54) is 12.1 Å². The van der Waals surface area contributed by atoms with E-state index in [2.05, 4.69) is 0 Å². The quantitative estimate of drug-likeness (QED) is 0.751. The van der Waals surface area contributed by atoms with E-state index in [-0.39, 0.29) is 0 Å². The molecular weight excluding hydrogens is 230 g/mol. The van der Waals surface area contributed by atoms with Crippen LogP contribution in [0.15, 0.2) is 43.7 Å². The molecule has 0 amide bonds. The zero-order valence-electron chi connectivity index (χ0n) is 6.70. The van der Waals surface area contributed by atoms with Gasteiger partial charge in [0.25, 0.3) is 0 Å². The van der Waals surface area contributed by atoms with Crippen molar-refractivity contribution < 1.29 is 17.6 Å². The lowest BCUT2D eigenvalue weighted by atomic mass is 10.6. The van der Waals surface area contributed by atoms with Gasteiger partial charge in [0.1, 0.15) is 12.5 Å². The van der Waals surface area contributed by atoms with Gasteiger partial charge in [-0.1, -0.05) is 0 Å². The Morgan fingerprint density at radius 3 is 1.57 bits per heavy atom. The fraction of sp³-hybridized carbons (Fsp3) is 0. The number of hydrogen-bond acceptors (Lipinski definition) is 4. The van der Waals surface area contributed by atoms with Crippen LogP contribution in [0.4, 0.5) is 8.78 Å². The molecular formula is C8H4F2O2S2. The van der Waals surface area contributed by atoms with Crippen LogP contribution >= 0.6 is 21.6 Å². The molecule has 0 aliphatic rings. The topological polar surface area (TPSA) is 26.3 Å². The smallest absolute Gasteiger partial charge is 0.174 e. The van der Waals surface area contributed by atoms with Gasteiger partial charge in [-0.2, -0.15) is 0 Å². The van der Waals surface area contributed by atoms with Gasteiger partial charge in [-0.3, -0.25) is 0 Å². The lowest BCUT2D eigenvalue weighted by molar-refractivity contribution is 0.462. The molecule has 2 aromatic rings. The molecule has 2 aromatic heterocycles. The van der Waals surface area contributed by atoms with E-state index in [0.29, 0.717) is 10.2 Å². The highest BCUT2D eigenvalue weighted by atomic mass is 33.1. The lowest BCUT2D eigenvalue weighted by Gasteiger charge is -1.90. The van der Waals surface area contributed by atoms with Gasteiger partial charge in [0.05, 0.1) is 0 Å². The monoisotopic (exact) mass is 234 g/mol. The molecule has 0 aliphatic heterocycles. The van der Waals surface area contributed by atoms with Crippen molar-refractivity contribution in [2.24, 2.45) is 0 Å². The fourth-order valence-corrected chi connectivity index (χ4v) is 2.44. The van der Waals surface area contributed by atoms with E-state index in [1.54, 1.807) is 0 Å². The maximum absolute atomic E-state index is 12.5. The van der Waals surface area contributed by atoms with Crippen LogP contribution in [0.2, 0.25) is 0 Å². The molecule has 0 spiro atoms. The summed E-state index contributed by atoms with van der Waals surface area (Å²) >= 11 is 0. The minimum atomic E-state index is -0.432. The summed E-state index contributed by atoms with van der Waals surface area (Å²) in [7, 11) is 2.31. The normalized spacial score (nSPS) is 10.7. The molecule has 0 unspecified atom stereocenters. The minimum Gasteiger partial charge on any atom is -0.454 e. The van der Waals surface area contributed by atoms with E-state index in [1.807, 2.05) is 0 Å². The third-order valence-corrected chi connectivity index (χ3v) is 3.37. The van der Waals surface area contributed by atoms with Gasteiger partial charge in [0.15, 0.2) is 21.8 Å². The van der Waals surface area contributed by atoms with E-state index in [4.69, 9.17) is 8.83 Å². The molecule has 2 rings (SSSR count). The third kappa shape index (κ3) is 2.33. The summed E-state index contributed by atoms with van der Waals surface area (Å²) in [5.74, 6) is -0.863. The van der Waals surface area contributed by atoms with Crippen LogP contribution in [-0.2, 0) is 0 Å². The van der Waals surface area contributed by atoms with Crippen LogP contribution in [0.1, 0.15) is 0 Å². The molecule has 0 aromatic carbocycles. The zero-order valence-corrected chi connectivity index (χ0v) is 8.33. The molecule has 0 atom stereocenters. The Morgan fingerprint density at radius 2 is 1.29 bits per heavy atom. The highest BCUT2D eigenvalue weighted by molar-refractivity contribution is 8.76. The average molecular weight is 234 g/mol. The Hall–Kier alpha value is -0.880. The molecule has 0 aliphatic carbocycles. The van der Waals surface area contributed by atoms with Gasteiger partial charge in [-0.05, 0) is 21.6 Å². The maximum Gasteiger partial charge on any atom is 0.174 e. The van der Waals surface area contributed by atoms with Crippen LogP contribution in [-0.4, -0.2) is 0 Å². The molecule has 0 saturated heterocycles. The Bertz CT molecular complexity index is 384. The summed E-state index contributed by atoms with van der Waals surface area (Å²) in [6.45, 7) is 0. The Morgan fingerprint density at radius 1 is 0.857 bits per heavy atom. The summed E-state index contributed by atoms with van der Waals surface area (Å²) in [6, 6.07) is 2.49. The van der Waals surface area contributed by atoms with Crippen molar-refractivity contribution in [3.8, 4) is 0 Å². The molecule has 0 N–H and O–H groups in total. The molecule has 0 fully saturated rings. The average Bonchev–Trinajstić information content (AvgIpc) is 2.72. The summed E-state index contributed by atoms with van der Waals surface area (Å²) in [6.07, 6.45) is 2.01. The first kappa shape index (κ1) is 9.67. The minimum absolute atomic E-state index is 0.407. The van der Waals surface area contributed by atoms with Crippen molar-refractivity contribution in [2.75, 3.05) is 0 Å². The first-order valence-corrected chi connectivity index (χ1v) is 5.71. The first-order chi connectivity index (χ1) is 6.74. The molecule has 14 heavy (non-hydrogen) atoms. The Balaban J connectivity index is 1.94. The molecule has 2 heterocycles. The van der Waals surface area contributed by atoms with Crippen LogP contribution in [0.3, 0.4) is 0 Å². The van der Waals surface area contributed by atoms with Crippen molar-refractivity contribution in [1.29, 1.82) is 0 Å². The van der Waals surface area contributed by atoms with Crippen LogP contribution in [0, 0.1) is 11.6 Å². The van der Waals surface area contributed by atoms with Crippen LogP contribution in [0.25, 0.3) is 0 Å². The number of rotatable bonds is 3. The largest absolute Gasteiger partial charge is 0.454 e. The van der Waals surface area contributed by atoms with Crippen LogP contribution < -0.4 is 0 Å². The standard InChI is InChI=1S/C8H4F2O2S2/c9-5-1-7(11-3-5)13-14-8-2-6(10)4-12-8/h1-4H. The maximum atomic E-state index is 12.5. The van der Waals surface area contributed by atoms with E-state index in [0.717, 1.165) is 34.1 Å². The fourth-order valence-electron chi connectivity index (χ4n) is 0.760. The first-order valence-electron chi connectivity index (χ1n) is 3.56. The number of halogens is 2. The van der Waals surface area contributed by atoms with Crippen LogP contribution in [0.5, 0.6) is 0 Å². The van der Waals surface area contributed by atoms with E-state index in [9.17, 15) is 8.78 Å². The van der Waals surface area contributed by atoms with E-state index < -0.39 is 11.6 Å². The summed E-state index contributed by atoms with van der Waals surface area (Å²) in [5.41, 5.74) is 0. The highest BCUT2D eigenvalue weighted by Crippen LogP contribution is 2.38. The molecule has 74 valence electrons. The summed E-state index contributed by atoms with van der Waals surface area (Å²) in [5, 5.41) is 0.814.